The molecular weight excluding hydrogens is 374 g/mol. The fourth-order valence-corrected chi connectivity index (χ4v) is 4.41. The minimum Gasteiger partial charge on any atom is -0.356 e. The van der Waals surface area contributed by atoms with Crippen LogP contribution in [0.3, 0.4) is 0 Å². The normalized spacial score (nSPS) is 19.6. The van der Waals surface area contributed by atoms with Crippen LogP contribution in [0.2, 0.25) is 0 Å². The van der Waals surface area contributed by atoms with Gasteiger partial charge in [-0.2, -0.15) is 0 Å². The van der Waals surface area contributed by atoms with Crippen LogP contribution in [0.25, 0.3) is 11.1 Å². The van der Waals surface area contributed by atoms with E-state index in [1.165, 1.54) is 0 Å². The number of carbonyl (C=O) groups is 2. The van der Waals surface area contributed by atoms with E-state index in [9.17, 15) is 9.59 Å². The first-order valence-electron chi connectivity index (χ1n) is 10.3. The van der Waals surface area contributed by atoms with Crippen LogP contribution >= 0.6 is 0 Å². The van der Waals surface area contributed by atoms with Crippen molar-refractivity contribution in [3.05, 3.63) is 84.4 Å². The minimum atomic E-state index is -0.227. The van der Waals surface area contributed by atoms with Gasteiger partial charge in [0.15, 0.2) is 0 Å². The van der Waals surface area contributed by atoms with E-state index in [4.69, 9.17) is 0 Å². The molecule has 2 N–H and O–H groups in total. The van der Waals surface area contributed by atoms with Crippen LogP contribution in [0.5, 0.6) is 0 Å². The van der Waals surface area contributed by atoms with E-state index in [0.29, 0.717) is 19.4 Å². The molecule has 3 aromatic rings. The zero-order valence-corrected chi connectivity index (χ0v) is 16.5. The number of benzene rings is 3. The highest BCUT2D eigenvalue weighted by Crippen LogP contribution is 2.36. The lowest BCUT2D eigenvalue weighted by Gasteiger charge is -2.32. The molecule has 30 heavy (non-hydrogen) atoms. The van der Waals surface area contributed by atoms with Crippen molar-refractivity contribution in [2.75, 3.05) is 16.8 Å². The maximum atomic E-state index is 12.6. The first-order chi connectivity index (χ1) is 14.7. The molecule has 2 atom stereocenters. The van der Waals surface area contributed by atoms with Crippen molar-refractivity contribution in [1.82, 2.24) is 5.32 Å². The molecule has 0 bridgehead atoms. The lowest BCUT2D eigenvalue weighted by molar-refractivity contribution is -0.121. The van der Waals surface area contributed by atoms with E-state index in [-0.39, 0.29) is 23.9 Å². The van der Waals surface area contributed by atoms with Crippen molar-refractivity contribution in [3.63, 3.8) is 0 Å². The van der Waals surface area contributed by atoms with Crippen molar-refractivity contribution < 1.29 is 9.59 Å². The number of fused-ring (bicyclic) bond motifs is 3. The molecule has 5 rings (SSSR count). The molecule has 0 aromatic heterocycles. The molecule has 5 heteroatoms. The van der Waals surface area contributed by atoms with Crippen LogP contribution in [0, 0.1) is 0 Å². The number of amides is 2. The predicted molar refractivity (Wildman–Crippen MR) is 118 cm³/mol. The highest BCUT2D eigenvalue weighted by molar-refractivity contribution is 6.04. The lowest BCUT2D eigenvalue weighted by atomic mass is 10.0. The predicted octanol–water partition coefficient (Wildman–Crippen LogP) is 3.61. The monoisotopic (exact) mass is 397 g/mol. The second-order valence-electron chi connectivity index (χ2n) is 7.91. The van der Waals surface area contributed by atoms with Gasteiger partial charge in [-0.3, -0.25) is 9.59 Å². The highest BCUT2D eigenvalue weighted by atomic mass is 16.2. The third-order valence-corrected chi connectivity index (χ3v) is 5.87. The average molecular weight is 397 g/mol. The molecule has 2 unspecified atom stereocenters. The summed E-state index contributed by atoms with van der Waals surface area (Å²) in [4.78, 5) is 27.2. The summed E-state index contributed by atoms with van der Waals surface area (Å²) in [5.74, 6) is -0.0112. The van der Waals surface area contributed by atoms with Gasteiger partial charge < -0.3 is 15.5 Å². The Morgan fingerprint density at radius 1 is 0.933 bits per heavy atom. The molecule has 1 fully saturated rings. The second kappa shape index (κ2) is 7.67. The highest BCUT2D eigenvalue weighted by Gasteiger charge is 2.41. The summed E-state index contributed by atoms with van der Waals surface area (Å²) in [6.07, 6.45) is 0.956. The standard InChI is InChI=1S/C25H23N3O2/c29-24(14-17-10-12-19(13-11-17)18-6-2-1-3-7-18)26-20-15-23-25(30)27-21-8-4-5-9-22(21)28(23)16-20/h1-13,20,23H,14-16H2,(H,26,29)(H,27,30). The summed E-state index contributed by atoms with van der Waals surface area (Å²) in [5, 5.41) is 6.09. The number of nitrogens with one attached hydrogen (secondary N) is 2. The van der Waals surface area contributed by atoms with Crippen molar-refractivity contribution in [3.8, 4) is 11.1 Å². The smallest absolute Gasteiger partial charge is 0.247 e. The number of hydrogen-bond acceptors (Lipinski definition) is 3. The molecule has 2 aliphatic heterocycles. The Bertz CT molecular complexity index is 1080. The van der Waals surface area contributed by atoms with Crippen LogP contribution < -0.4 is 15.5 Å². The van der Waals surface area contributed by atoms with Gasteiger partial charge >= 0.3 is 0 Å². The van der Waals surface area contributed by atoms with Crippen molar-refractivity contribution >= 4 is 23.2 Å². The number of carbonyl (C=O) groups excluding carboxylic acids is 2. The van der Waals surface area contributed by atoms with Crippen LogP contribution in [0.15, 0.2) is 78.9 Å². The Morgan fingerprint density at radius 3 is 2.43 bits per heavy atom. The first-order valence-corrected chi connectivity index (χ1v) is 10.3. The van der Waals surface area contributed by atoms with Gasteiger partial charge in [0.05, 0.1) is 17.8 Å². The quantitative estimate of drug-likeness (QED) is 0.707. The fourth-order valence-electron chi connectivity index (χ4n) is 4.41. The largest absolute Gasteiger partial charge is 0.356 e. The molecule has 2 aliphatic rings. The SMILES string of the molecule is O=C(Cc1ccc(-c2ccccc2)cc1)NC1CC2C(=O)Nc3ccccc3N2C1. The lowest BCUT2D eigenvalue weighted by Crippen LogP contribution is -2.44. The second-order valence-corrected chi connectivity index (χ2v) is 7.91. The summed E-state index contributed by atoms with van der Waals surface area (Å²) < 4.78 is 0. The average Bonchev–Trinajstić information content (AvgIpc) is 3.19. The van der Waals surface area contributed by atoms with Crippen molar-refractivity contribution in [2.45, 2.75) is 24.9 Å². The molecule has 2 heterocycles. The Kier molecular flexibility index (Phi) is 4.71. The maximum absolute atomic E-state index is 12.6. The van der Waals surface area contributed by atoms with E-state index in [0.717, 1.165) is 28.1 Å². The summed E-state index contributed by atoms with van der Waals surface area (Å²) in [6.45, 7) is 0.647. The molecule has 3 aromatic carbocycles. The molecule has 2 amide bonds. The van der Waals surface area contributed by atoms with Crippen molar-refractivity contribution in [2.24, 2.45) is 0 Å². The molecule has 0 radical (unpaired) electrons. The zero-order chi connectivity index (χ0) is 20.5. The molecular formula is C25H23N3O2. The Morgan fingerprint density at radius 2 is 1.63 bits per heavy atom. The molecule has 0 spiro atoms. The number of hydrogen-bond donors (Lipinski definition) is 2. The molecule has 0 aliphatic carbocycles. The topological polar surface area (TPSA) is 61.4 Å². The number of para-hydroxylation sites is 2. The Hall–Kier alpha value is -3.60. The van der Waals surface area contributed by atoms with Crippen LogP contribution in [0.1, 0.15) is 12.0 Å². The zero-order valence-electron chi connectivity index (χ0n) is 16.5. The minimum absolute atomic E-state index is 0.00181. The Balaban J connectivity index is 1.22. The van der Waals surface area contributed by atoms with Crippen molar-refractivity contribution in [1.29, 1.82) is 0 Å². The third-order valence-electron chi connectivity index (χ3n) is 5.87. The van der Waals surface area contributed by atoms with E-state index in [1.54, 1.807) is 0 Å². The fraction of sp³-hybridized carbons (Fsp3) is 0.200. The summed E-state index contributed by atoms with van der Waals surface area (Å²) in [6, 6.07) is 25.8. The van der Waals surface area contributed by atoms with Crippen LogP contribution in [0.4, 0.5) is 11.4 Å². The van der Waals surface area contributed by atoms with E-state index >= 15 is 0 Å². The first kappa shape index (κ1) is 18.4. The van der Waals surface area contributed by atoms with Crippen LogP contribution in [-0.4, -0.2) is 30.4 Å². The van der Waals surface area contributed by atoms with Gasteiger partial charge in [-0.15, -0.1) is 0 Å². The van der Waals surface area contributed by atoms with Gasteiger partial charge in [0.25, 0.3) is 0 Å². The number of nitrogens with zero attached hydrogens (tertiary/aromatic N) is 1. The molecule has 5 nitrogen and oxygen atoms in total. The number of anilines is 2. The summed E-state index contributed by atoms with van der Waals surface area (Å²) in [7, 11) is 0. The van der Waals surface area contributed by atoms with E-state index in [1.807, 2.05) is 54.6 Å². The molecule has 150 valence electrons. The van der Waals surface area contributed by atoms with Gasteiger partial charge in [0.2, 0.25) is 11.8 Å². The molecule has 0 saturated carbocycles. The maximum Gasteiger partial charge on any atom is 0.247 e. The summed E-state index contributed by atoms with van der Waals surface area (Å²) in [5.41, 5.74) is 5.14. The van der Waals surface area contributed by atoms with E-state index in [2.05, 4.69) is 39.8 Å². The molecule has 1 saturated heterocycles. The van der Waals surface area contributed by atoms with Gasteiger partial charge in [-0.1, -0.05) is 66.7 Å². The Labute approximate surface area is 175 Å². The summed E-state index contributed by atoms with van der Waals surface area (Å²) >= 11 is 0. The number of rotatable bonds is 4. The van der Waals surface area contributed by atoms with Gasteiger partial charge in [0, 0.05) is 12.6 Å². The van der Waals surface area contributed by atoms with Crippen LogP contribution in [-0.2, 0) is 16.0 Å². The third kappa shape index (κ3) is 3.54. The van der Waals surface area contributed by atoms with E-state index < -0.39 is 0 Å². The van der Waals surface area contributed by atoms with Gasteiger partial charge in [0.1, 0.15) is 6.04 Å². The van der Waals surface area contributed by atoms with Gasteiger partial charge in [-0.05, 0) is 35.2 Å². The van der Waals surface area contributed by atoms with Gasteiger partial charge in [-0.25, -0.2) is 0 Å².